The van der Waals surface area contributed by atoms with Crippen LogP contribution >= 0.6 is 0 Å². The number of rotatable bonds is 5. The van der Waals surface area contributed by atoms with Crippen molar-refractivity contribution in [3.8, 4) is 5.75 Å². The first-order valence-corrected chi connectivity index (χ1v) is 5.70. The van der Waals surface area contributed by atoms with E-state index in [1.165, 1.54) is 24.5 Å². The third kappa shape index (κ3) is 2.71. The zero-order chi connectivity index (χ0) is 14.5. The van der Waals surface area contributed by atoms with Crippen LogP contribution in [0.15, 0.2) is 24.5 Å². The van der Waals surface area contributed by atoms with Gasteiger partial charge in [0.2, 0.25) is 11.7 Å². The van der Waals surface area contributed by atoms with Crippen LogP contribution in [0.1, 0.15) is 17.3 Å². The quantitative estimate of drug-likeness (QED) is 0.628. The molecule has 1 aromatic heterocycles. The number of amides is 1. The minimum Gasteiger partial charge on any atom is -0.487 e. The number of benzene rings is 1. The number of hydrogen-bond donors (Lipinski definition) is 2. The summed E-state index contributed by atoms with van der Waals surface area (Å²) in [6.45, 7) is 1.88. The Balaban J connectivity index is 2.37. The van der Waals surface area contributed by atoms with Crippen LogP contribution in [0, 0.1) is 10.1 Å². The van der Waals surface area contributed by atoms with E-state index in [9.17, 15) is 14.9 Å². The third-order valence-electron chi connectivity index (χ3n) is 2.37. The fourth-order valence-electron chi connectivity index (χ4n) is 1.58. The molecule has 0 fully saturated rings. The van der Waals surface area contributed by atoms with E-state index in [-0.39, 0.29) is 29.6 Å². The Labute approximate surface area is 113 Å². The number of nitro groups is 1. The number of carbonyl (C=O) groups excluding carboxylic acids is 1. The molecule has 2 N–H and O–H groups in total. The molecule has 1 heterocycles. The number of hydrogen-bond acceptors (Lipinski definition) is 6. The van der Waals surface area contributed by atoms with Crippen LogP contribution in [0.4, 0.5) is 11.6 Å². The molecule has 0 saturated heterocycles. The highest BCUT2D eigenvalue weighted by Crippen LogP contribution is 2.31. The van der Waals surface area contributed by atoms with Crippen molar-refractivity contribution in [1.82, 2.24) is 15.2 Å². The maximum atomic E-state index is 12.1. The van der Waals surface area contributed by atoms with Gasteiger partial charge in [0.1, 0.15) is 6.33 Å². The Morgan fingerprint density at radius 3 is 2.95 bits per heavy atom. The van der Waals surface area contributed by atoms with Gasteiger partial charge in [-0.05, 0) is 13.0 Å². The highest BCUT2D eigenvalue weighted by molar-refractivity contribution is 6.06. The van der Waals surface area contributed by atoms with Crippen molar-refractivity contribution in [2.75, 3.05) is 11.9 Å². The van der Waals surface area contributed by atoms with Gasteiger partial charge in [-0.2, -0.15) is 10.1 Å². The van der Waals surface area contributed by atoms with Crippen molar-refractivity contribution in [2.24, 2.45) is 0 Å². The summed E-state index contributed by atoms with van der Waals surface area (Å²) in [5, 5.41) is 19.4. The third-order valence-corrected chi connectivity index (χ3v) is 2.37. The van der Waals surface area contributed by atoms with Crippen LogP contribution in [0.25, 0.3) is 0 Å². The molecule has 1 aromatic carbocycles. The van der Waals surface area contributed by atoms with E-state index < -0.39 is 10.8 Å². The molecule has 9 heteroatoms. The molecule has 2 rings (SSSR count). The standard InChI is InChI=1S/C11H11N5O4/c1-2-20-9-7(4-3-5-8(9)16(18)19)10(17)14-11-12-6-13-15-11/h3-6H,2H2,1H3,(H2,12,13,14,15,17). The molecule has 0 aliphatic carbocycles. The molecule has 0 atom stereocenters. The van der Waals surface area contributed by atoms with Gasteiger partial charge in [-0.1, -0.05) is 6.07 Å². The largest absolute Gasteiger partial charge is 0.487 e. The molecule has 20 heavy (non-hydrogen) atoms. The lowest BCUT2D eigenvalue weighted by Crippen LogP contribution is -2.15. The second-order valence-electron chi connectivity index (χ2n) is 3.63. The molecule has 104 valence electrons. The Morgan fingerprint density at radius 2 is 2.35 bits per heavy atom. The van der Waals surface area contributed by atoms with Crippen LogP contribution < -0.4 is 10.1 Å². The lowest BCUT2D eigenvalue weighted by Gasteiger charge is -2.09. The second-order valence-corrected chi connectivity index (χ2v) is 3.63. The summed E-state index contributed by atoms with van der Waals surface area (Å²) in [7, 11) is 0. The number of nitrogens with one attached hydrogen (secondary N) is 2. The van der Waals surface area contributed by atoms with Crippen LogP contribution in [0.2, 0.25) is 0 Å². The molecular formula is C11H11N5O4. The van der Waals surface area contributed by atoms with Crippen molar-refractivity contribution in [3.05, 3.63) is 40.2 Å². The van der Waals surface area contributed by atoms with Gasteiger partial charge in [-0.15, -0.1) is 0 Å². The fraction of sp³-hybridized carbons (Fsp3) is 0.182. The lowest BCUT2D eigenvalue weighted by molar-refractivity contribution is -0.385. The molecule has 0 aliphatic rings. The number of nitro benzene ring substituents is 1. The number of carbonyl (C=O) groups is 1. The Morgan fingerprint density at radius 1 is 1.55 bits per heavy atom. The first kappa shape index (κ1) is 13.5. The number of ether oxygens (including phenoxy) is 1. The second kappa shape index (κ2) is 5.78. The van der Waals surface area contributed by atoms with Crippen LogP contribution in [-0.4, -0.2) is 32.6 Å². The van der Waals surface area contributed by atoms with Crippen molar-refractivity contribution in [3.63, 3.8) is 0 Å². The van der Waals surface area contributed by atoms with Crippen LogP contribution in [0.3, 0.4) is 0 Å². The maximum absolute atomic E-state index is 12.1. The number of anilines is 1. The molecule has 0 spiro atoms. The number of para-hydroxylation sites is 1. The molecule has 0 saturated carbocycles. The Bertz CT molecular complexity index is 626. The summed E-state index contributed by atoms with van der Waals surface area (Å²) in [5.41, 5.74) is -0.213. The summed E-state index contributed by atoms with van der Waals surface area (Å²) < 4.78 is 5.22. The van der Waals surface area contributed by atoms with E-state index in [0.717, 1.165) is 0 Å². The SMILES string of the molecule is CCOc1c(C(=O)Nc2ncn[nH]2)cccc1[N+](=O)[O-]. The van der Waals surface area contributed by atoms with E-state index in [4.69, 9.17) is 4.74 Å². The zero-order valence-corrected chi connectivity index (χ0v) is 10.5. The monoisotopic (exact) mass is 277 g/mol. The summed E-state index contributed by atoms with van der Waals surface area (Å²) >= 11 is 0. The lowest BCUT2D eigenvalue weighted by atomic mass is 10.1. The van der Waals surface area contributed by atoms with Gasteiger partial charge in [-0.25, -0.2) is 5.10 Å². The molecule has 9 nitrogen and oxygen atoms in total. The highest BCUT2D eigenvalue weighted by Gasteiger charge is 2.23. The van der Waals surface area contributed by atoms with E-state index in [1.54, 1.807) is 6.92 Å². The smallest absolute Gasteiger partial charge is 0.311 e. The first-order valence-electron chi connectivity index (χ1n) is 5.70. The molecule has 1 amide bonds. The van der Waals surface area contributed by atoms with Crippen molar-refractivity contribution in [2.45, 2.75) is 6.92 Å². The van der Waals surface area contributed by atoms with Crippen molar-refractivity contribution < 1.29 is 14.5 Å². The van der Waals surface area contributed by atoms with Gasteiger partial charge in [0.25, 0.3) is 5.91 Å². The zero-order valence-electron chi connectivity index (χ0n) is 10.5. The van der Waals surface area contributed by atoms with E-state index >= 15 is 0 Å². The van der Waals surface area contributed by atoms with Crippen LogP contribution in [-0.2, 0) is 0 Å². The highest BCUT2D eigenvalue weighted by atomic mass is 16.6. The van der Waals surface area contributed by atoms with Gasteiger partial charge in [0.15, 0.2) is 0 Å². The summed E-state index contributed by atoms with van der Waals surface area (Å²) in [6, 6.07) is 4.12. The molecule has 0 unspecified atom stereocenters. The van der Waals surface area contributed by atoms with E-state index in [1.807, 2.05) is 0 Å². The molecule has 0 aliphatic heterocycles. The van der Waals surface area contributed by atoms with E-state index in [0.29, 0.717) is 0 Å². The molecule has 2 aromatic rings. The van der Waals surface area contributed by atoms with Gasteiger partial charge in [-0.3, -0.25) is 20.2 Å². The Hall–Kier alpha value is -2.97. The first-order chi connectivity index (χ1) is 9.63. The Kier molecular flexibility index (Phi) is 3.89. The topological polar surface area (TPSA) is 123 Å². The average Bonchev–Trinajstić information content (AvgIpc) is 2.91. The number of aromatic nitrogens is 3. The summed E-state index contributed by atoms with van der Waals surface area (Å²) in [5.74, 6) is -0.505. The summed E-state index contributed by atoms with van der Waals surface area (Å²) in [6.07, 6.45) is 1.23. The van der Waals surface area contributed by atoms with Crippen molar-refractivity contribution in [1.29, 1.82) is 0 Å². The molecule has 0 bridgehead atoms. The predicted octanol–water partition coefficient (Wildman–Crippen LogP) is 1.36. The fourth-order valence-corrected chi connectivity index (χ4v) is 1.58. The minimum absolute atomic E-state index is 0.0532. The van der Waals surface area contributed by atoms with Crippen molar-refractivity contribution >= 4 is 17.5 Å². The number of H-pyrrole nitrogens is 1. The molecular weight excluding hydrogens is 266 g/mol. The maximum Gasteiger partial charge on any atom is 0.311 e. The van der Waals surface area contributed by atoms with Crippen LogP contribution in [0.5, 0.6) is 5.75 Å². The number of nitrogens with zero attached hydrogens (tertiary/aromatic N) is 3. The van der Waals surface area contributed by atoms with Gasteiger partial charge in [0.05, 0.1) is 17.1 Å². The van der Waals surface area contributed by atoms with E-state index in [2.05, 4.69) is 20.5 Å². The summed E-state index contributed by atoms with van der Waals surface area (Å²) in [4.78, 5) is 26.2. The minimum atomic E-state index is -0.601. The predicted molar refractivity (Wildman–Crippen MR) is 68.6 cm³/mol. The normalized spacial score (nSPS) is 10.1. The average molecular weight is 277 g/mol. The number of aromatic amines is 1. The van der Waals surface area contributed by atoms with Gasteiger partial charge >= 0.3 is 5.69 Å². The van der Waals surface area contributed by atoms with Gasteiger partial charge in [0, 0.05) is 6.07 Å². The van der Waals surface area contributed by atoms with Gasteiger partial charge < -0.3 is 4.74 Å². The molecule has 0 radical (unpaired) electrons.